The maximum atomic E-state index is 13.8. The number of halogens is 1. The average molecular weight is 407 g/mol. The molecule has 158 valence electrons. The molecule has 0 radical (unpaired) electrons. The Morgan fingerprint density at radius 3 is 2.86 bits per heavy atom. The summed E-state index contributed by atoms with van der Waals surface area (Å²) in [7, 11) is 0. The van der Waals surface area contributed by atoms with Crippen LogP contribution in [0.5, 0.6) is 0 Å². The van der Waals surface area contributed by atoms with E-state index in [0.717, 1.165) is 31.9 Å². The van der Waals surface area contributed by atoms with Crippen molar-refractivity contribution in [1.82, 2.24) is 20.5 Å². The van der Waals surface area contributed by atoms with E-state index in [-0.39, 0.29) is 24.5 Å². The highest BCUT2D eigenvalue weighted by atomic mass is 19.1. The van der Waals surface area contributed by atoms with Gasteiger partial charge >= 0.3 is 0 Å². The van der Waals surface area contributed by atoms with E-state index < -0.39 is 23.7 Å². The Labute approximate surface area is 168 Å². The second kappa shape index (κ2) is 9.75. The first-order valence-corrected chi connectivity index (χ1v) is 9.87. The summed E-state index contributed by atoms with van der Waals surface area (Å²) >= 11 is 0. The van der Waals surface area contributed by atoms with Gasteiger partial charge in [-0.25, -0.2) is 14.9 Å². The van der Waals surface area contributed by atoms with Crippen molar-refractivity contribution in [2.45, 2.75) is 44.6 Å². The third-order valence-electron chi connectivity index (χ3n) is 5.55. The van der Waals surface area contributed by atoms with E-state index >= 15 is 0 Å². The Morgan fingerprint density at radius 2 is 2.17 bits per heavy atom. The van der Waals surface area contributed by atoms with Gasteiger partial charge in [0.1, 0.15) is 6.04 Å². The fraction of sp³-hybridized carbons (Fsp3) is 0.579. The van der Waals surface area contributed by atoms with Gasteiger partial charge in [0.2, 0.25) is 18.2 Å². The number of rotatable bonds is 8. The van der Waals surface area contributed by atoms with Crippen LogP contribution in [-0.4, -0.2) is 57.6 Å². The second-order valence-corrected chi connectivity index (χ2v) is 7.58. The van der Waals surface area contributed by atoms with Crippen LogP contribution in [0.3, 0.4) is 0 Å². The van der Waals surface area contributed by atoms with E-state index in [9.17, 15) is 24.0 Å². The molecular weight excluding hydrogens is 381 g/mol. The molecule has 2 unspecified atom stereocenters. The van der Waals surface area contributed by atoms with Crippen LogP contribution in [0.25, 0.3) is 0 Å². The standard InChI is InChI=1S/C19H26FN5O4/c20-15-10-21-7-5-16(15)23-18(27)17-6-8-22-25(17)19(28)14(11-24(29)12-26)9-13-3-1-2-4-13/h5,7,10,12-14,17,22,29H,1-4,6,8-9,11H2,(H,21,23,27). The van der Waals surface area contributed by atoms with Crippen LogP contribution in [0.15, 0.2) is 18.5 Å². The number of hydrazine groups is 1. The highest BCUT2D eigenvalue weighted by molar-refractivity contribution is 5.97. The molecule has 1 aromatic rings. The molecule has 1 saturated carbocycles. The number of hydrogen-bond acceptors (Lipinski definition) is 6. The van der Waals surface area contributed by atoms with Gasteiger partial charge in [0, 0.05) is 12.7 Å². The molecule has 0 spiro atoms. The molecule has 1 aliphatic heterocycles. The Kier molecular flexibility index (Phi) is 7.10. The van der Waals surface area contributed by atoms with Crippen molar-refractivity contribution in [3.8, 4) is 0 Å². The largest absolute Gasteiger partial charge is 0.322 e. The number of hydroxylamine groups is 2. The van der Waals surface area contributed by atoms with Crippen LogP contribution in [0, 0.1) is 17.7 Å². The van der Waals surface area contributed by atoms with Crippen molar-refractivity contribution in [2.75, 3.05) is 18.4 Å². The summed E-state index contributed by atoms with van der Waals surface area (Å²) in [6.07, 6.45) is 7.76. The number of nitrogens with zero attached hydrogens (tertiary/aromatic N) is 3. The normalized spacial score (nSPS) is 20.5. The monoisotopic (exact) mass is 407 g/mol. The summed E-state index contributed by atoms with van der Waals surface area (Å²) in [5.41, 5.74) is 2.91. The molecule has 1 aliphatic carbocycles. The molecule has 2 fully saturated rings. The minimum atomic E-state index is -0.815. The lowest BCUT2D eigenvalue weighted by Crippen LogP contribution is -2.51. The van der Waals surface area contributed by atoms with Crippen LogP contribution in [-0.2, 0) is 14.4 Å². The van der Waals surface area contributed by atoms with Gasteiger partial charge < -0.3 is 5.32 Å². The molecule has 1 saturated heterocycles. The summed E-state index contributed by atoms with van der Waals surface area (Å²) in [4.78, 5) is 40.3. The van der Waals surface area contributed by atoms with Crippen molar-refractivity contribution in [1.29, 1.82) is 0 Å². The van der Waals surface area contributed by atoms with Gasteiger partial charge in [-0.15, -0.1) is 0 Å². The lowest BCUT2D eigenvalue weighted by Gasteiger charge is -2.30. The highest BCUT2D eigenvalue weighted by Crippen LogP contribution is 2.31. The first-order valence-electron chi connectivity index (χ1n) is 9.87. The molecule has 3 amide bonds. The van der Waals surface area contributed by atoms with E-state index in [4.69, 9.17) is 0 Å². The molecule has 2 aliphatic rings. The van der Waals surface area contributed by atoms with Crippen molar-refractivity contribution in [3.63, 3.8) is 0 Å². The van der Waals surface area contributed by atoms with Crippen LogP contribution < -0.4 is 10.7 Å². The molecule has 0 bridgehead atoms. The van der Waals surface area contributed by atoms with Gasteiger partial charge in [-0.05, 0) is 24.8 Å². The number of aromatic nitrogens is 1. The second-order valence-electron chi connectivity index (χ2n) is 7.58. The van der Waals surface area contributed by atoms with Crippen LogP contribution in [0.4, 0.5) is 10.1 Å². The number of hydrogen-bond donors (Lipinski definition) is 3. The third kappa shape index (κ3) is 5.27. The average Bonchev–Trinajstić information content (AvgIpc) is 3.40. The van der Waals surface area contributed by atoms with Crippen molar-refractivity contribution in [2.24, 2.45) is 11.8 Å². The van der Waals surface area contributed by atoms with Crippen molar-refractivity contribution < 1.29 is 24.0 Å². The molecule has 9 nitrogen and oxygen atoms in total. The molecule has 2 heterocycles. The predicted molar refractivity (Wildman–Crippen MR) is 101 cm³/mol. The lowest BCUT2D eigenvalue weighted by molar-refractivity contribution is -0.159. The zero-order chi connectivity index (χ0) is 20.8. The minimum absolute atomic E-state index is 0.00528. The van der Waals surface area contributed by atoms with Gasteiger partial charge in [-0.3, -0.25) is 29.6 Å². The van der Waals surface area contributed by atoms with E-state index in [1.54, 1.807) is 0 Å². The maximum absolute atomic E-state index is 13.8. The molecule has 1 aromatic heterocycles. The number of nitrogens with one attached hydrogen (secondary N) is 2. The topological polar surface area (TPSA) is 115 Å². The SMILES string of the molecule is O=CN(O)CC(CC1CCCC1)C(=O)N1NCCC1C(=O)Nc1ccncc1F. The Balaban J connectivity index is 1.70. The van der Waals surface area contributed by atoms with Gasteiger partial charge in [-0.2, -0.15) is 0 Å². The third-order valence-corrected chi connectivity index (χ3v) is 5.55. The summed E-state index contributed by atoms with van der Waals surface area (Å²) in [6, 6.07) is 0.530. The van der Waals surface area contributed by atoms with Crippen LogP contribution in [0.2, 0.25) is 0 Å². The quantitative estimate of drug-likeness (QED) is 0.340. The number of carbonyl (C=O) groups excluding carboxylic acids is 3. The van der Waals surface area contributed by atoms with Gasteiger partial charge in [-0.1, -0.05) is 25.7 Å². The van der Waals surface area contributed by atoms with Gasteiger partial charge in [0.25, 0.3) is 0 Å². The molecule has 3 rings (SSSR count). The molecule has 29 heavy (non-hydrogen) atoms. The summed E-state index contributed by atoms with van der Waals surface area (Å²) < 4.78 is 13.8. The molecule has 10 heteroatoms. The highest BCUT2D eigenvalue weighted by Gasteiger charge is 2.39. The van der Waals surface area contributed by atoms with E-state index in [1.165, 1.54) is 17.3 Å². The number of amides is 3. The molecule has 0 aromatic carbocycles. The summed E-state index contributed by atoms with van der Waals surface area (Å²) in [5, 5.41) is 13.9. The smallest absolute Gasteiger partial charge is 0.248 e. The zero-order valence-electron chi connectivity index (χ0n) is 16.1. The summed E-state index contributed by atoms with van der Waals surface area (Å²) in [6.45, 7) is 0.277. The molecule has 3 N–H and O–H groups in total. The van der Waals surface area contributed by atoms with Gasteiger partial charge in [0.15, 0.2) is 5.82 Å². The van der Waals surface area contributed by atoms with Crippen LogP contribution >= 0.6 is 0 Å². The van der Waals surface area contributed by atoms with Crippen LogP contribution in [0.1, 0.15) is 38.5 Å². The van der Waals surface area contributed by atoms with Crippen molar-refractivity contribution in [3.05, 3.63) is 24.3 Å². The Morgan fingerprint density at radius 1 is 1.41 bits per heavy atom. The van der Waals surface area contributed by atoms with Crippen molar-refractivity contribution >= 4 is 23.9 Å². The minimum Gasteiger partial charge on any atom is -0.322 e. The fourth-order valence-corrected chi connectivity index (χ4v) is 4.10. The van der Waals surface area contributed by atoms with Gasteiger partial charge in [0.05, 0.1) is 24.3 Å². The first-order chi connectivity index (χ1) is 14.0. The first kappa shape index (κ1) is 21.1. The Hall–Kier alpha value is -2.59. The number of anilines is 1. The molecule has 2 atom stereocenters. The van der Waals surface area contributed by atoms with E-state index in [0.29, 0.717) is 30.4 Å². The number of pyridine rings is 1. The van der Waals surface area contributed by atoms with E-state index in [1.807, 2.05) is 0 Å². The Bertz CT molecular complexity index is 743. The zero-order valence-corrected chi connectivity index (χ0v) is 16.1. The molecular formula is C19H26FN5O4. The maximum Gasteiger partial charge on any atom is 0.248 e. The van der Waals surface area contributed by atoms with E-state index in [2.05, 4.69) is 15.7 Å². The lowest BCUT2D eigenvalue weighted by atomic mass is 9.92. The fourth-order valence-electron chi connectivity index (χ4n) is 4.10. The number of carbonyl (C=O) groups is 3. The summed E-state index contributed by atoms with van der Waals surface area (Å²) in [5.74, 6) is -1.81. The predicted octanol–water partition coefficient (Wildman–Crippen LogP) is 1.31.